The molecule has 4 heteroatoms. The number of benzene rings is 1. The van der Waals surface area contributed by atoms with Crippen molar-refractivity contribution in [3.63, 3.8) is 0 Å². The Balaban J connectivity index is 1.42. The molecule has 4 nitrogen and oxygen atoms in total. The Labute approximate surface area is 150 Å². The van der Waals surface area contributed by atoms with Crippen LogP contribution in [-0.4, -0.2) is 43.2 Å². The molecule has 2 unspecified atom stereocenters. The minimum atomic E-state index is -0.122. The van der Waals surface area contributed by atoms with E-state index in [1.807, 2.05) is 0 Å². The van der Waals surface area contributed by atoms with Crippen LogP contribution >= 0.6 is 0 Å². The molecule has 2 fully saturated rings. The summed E-state index contributed by atoms with van der Waals surface area (Å²) in [4.78, 5) is 15.4. The molecule has 1 saturated heterocycles. The van der Waals surface area contributed by atoms with Crippen molar-refractivity contribution in [3.05, 3.63) is 35.4 Å². The molecule has 0 aromatic heterocycles. The van der Waals surface area contributed by atoms with Gasteiger partial charge >= 0.3 is 0 Å². The topological polar surface area (TPSA) is 41.6 Å². The maximum Gasteiger partial charge on any atom is 0.240 e. The molecule has 4 rings (SSSR count). The van der Waals surface area contributed by atoms with Crippen LogP contribution in [0.4, 0.5) is 0 Å². The molecule has 1 saturated carbocycles. The van der Waals surface area contributed by atoms with Crippen molar-refractivity contribution in [3.8, 4) is 0 Å². The summed E-state index contributed by atoms with van der Waals surface area (Å²) in [6.07, 6.45) is 8.66. The second-order valence-corrected chi connectivity index (χ2v) is 7.89. The molecule has 3 aliphatic rings. The Kier molecular flexibility index (Phi) is 5.37. The van der Waals surface area contributed by atoms with E-state index in [0.717, 1.165) is 44.9 Å². The van der Waals surface area contributed by atoms with E-state index in [2.05, 4.69) is 34.5 Å². The van der Waals surface area contributed by atoms with Gasteiger partial charge in [0.25, 0.3) is 0 Å². The smallest absolute Gasteiger partial charge is 0.240 e. The summed E-state index contributed by atoms with van der Waals surface area (Å²) in [5.74, 6) is 0.920. The first-order chi connectivity index (χ1) is 12.3. The lowest BCUT2D eigenvalue weighted by Crippen LogP contribution is -2.55. The van der Waals surface area contributed by atoms with Crippen LogP contribution in [-0.2, 0) is 16.0 Å². The number of morpholine rings is 1. The van der Waals surface area contributed by atoms with Gasteiger partial charge in [-0.1, -0.05) is 37.1 Å². The Morgan fingerprint density at radius 2 is 2.00 bits per heavy atom. The maximum absolute atomic E-state index is 13.0. The number of aryl methyl sites for hydroxylation is 1. The summed E-state index contributed by atoms with van der Waals surface area (Å²) in [5, 5.41) is 3.34. The number of carbonyl (C=O) groups excluding carboxylic acids is 1. The van der Waals surface area contributed by atoms with Gasteiger partial charge in [0.05, 0.1) is 19.3 Å². The van der Waals surface area contributed by atoms with Crippen LogP contribution in [0.3, 0.4) is 0 Å². The van der Waals surface area contributed by atoms with Crippen LogP contribution < -0.4 is 5.32 Å². The molecule has 2 atom stereocenters. The van der Waals surface area contributed by atoms with E-state index >= 15 is 0 Å². The molecule has 1 aliphatic heterocycles. The van der Waals surface area contributed by atoms with Crippen molar-refractivity contribution in [1.29, 1.82) is 0 Å². The molecule has 1 aromatic rings. The van der Waals surface area contributed by atoms with Gasteiger partial charge in [0, 0.05) is 13.1 Å². The monoisotopic (exact) mass is 342 g/mol. The molecule has 0 spiro atoms. The number of carbonyl (C=O) groups is 1. The number of amides is 1. The first kappa shape index (κ1) is 17.0. The van der Waals surface area contributed by atoms with E-state index in [1.54, 1.807) is 0 Å². The number of hydrogen-bond donors (Lipinski definition) is 1. The second kappa shape index (κ2) is 7.88. The molecule has 0 radical (unpaired) electrons. The van der Waals surface area contributed by atoms with E-state index in [4.69, 9.17) is 4.74 Å². The van der Waals surface area contributed by atoms with Crippen molar-refractivity contribution in [1.82, 2.24) is 10.2 Å². The summed E-state index contributed by atoms with van der Waals surface area (Å²) < 4.78 is 5.65. The Morgan fingerprint density at radius 1 is 1.16 bits per heavy atom. The molecule has 1 amide bonds. The standard InChI is InChI=1S/C21H30N2O2/c24-21(22-19-11-5-9-17-8-3-4-10-18(17)19)20-15-25-13-12-23(20)14-16-6-1-2-7-16/h3-4,8,10,16,19-20H,1-2,5-7,9,11-15H2,(H,22,24). The van der Waals surface area contributed by atoms with Gasteiger partial charge in [-0.3, -0.25) is 9.69 Å². The van der Waals surface area contributed by atoms with Gasteiger partial charge in [0.2, 0.25) is 5.91 Å². The van der Waals surface area contributed by atoms with Crippen molar-refractivity contribution < 1.29 is 9.53 Å². The predicted molar refractivity (Wildman–Crippen MR) is 98.4 cm³/mol. The zero-order valence-electron chi connectivity index (χ0n) is 15.1. The van der Waals surface area contributed by atoms with E-state index in [-0.39, 0.29) is 18.0 Å². The third-order valence-corrected chi connectivity index (χ3v) is 6.20. The first-order valence-electron chi connectivity index (χ1n) is 10.0. The average Bonchev–Trinajstić information content (AvgIpc) is 3.15. The summed E-state index contributed by atoms with van der Waals surface area (Å²) in [6.45, 7) is 3.23. The van der Waals surface area contributed by atoms with Crippen LogP contribution in [0.15, 0.2) is 24.3 Å². The van der Waals surface area contributed by atoms with Gasteiger partial charge in [0.15, 0.2) is 0 Å². The largest absolute Gasteiger partial charge is 0.378 e. The summed E-state index contributed by atoms with van der Waals surface area (Å²) >= 11 is 0. The number of hydrogen-bond acceptors (Lipinski definition) is 3. The number of rotatable bonds is 4. The molecule has 0 bridgehead atoms. The molecule has 1 heterocycles. The predicted octanol–water partition coefficient (Wildman–Crippen LogP) is 3.07. The third-order valence-electron chi connectivity index (χ3n) is 6.20. The van der Waals surface area contributed by atoms with Crippen molar-refractivity contribution in [2.45, 2.75) is 57.0 Å². The van der Waals surface area contributed by atoms with E-state index in [1.165, 1.54) is 36.8 Å². The van der Waals surface area contributed by atoms with Crippen LogP contribution in [0.5, 0.6) is 0 Å². The summed E-state index contributed by atoms with van der Waals surface area (Å²) in [6, 6.07) is 8.59. The molecule has 25 heavy (non-hydrogen) atoms. The van der Waals surface area contributed by atoms with Crippen molar-refractivity contribution in [2.75, 3.05) is 26.3 Å². The molecule has 1 N–H and O–H groups in total. The van der Waals surface area contributed by atoms with Gasteiger partial charge in [-0.25, -0.2) is 0 Å². The fourth-order valence-electron chi connectivity index (χ4n) is 4.79. The second-order valence-electron chi connectivity index (χ2n) is 7.89. The van der Waals surface area contributed by atoms with Crippen LogP contribution in [0.25, 0.3) is 0 Å². The van der Waals surface area contributed by atoms with Crippen molar-refractivity contribution >= 4 is 5.91 Å². The zero-order valence-corrected chi connectivity index (χ0v) is 15.1. The lowest BCUT2D eigenvalue weighted by atomic mass is 9.87. The number of nitrogens with one attached hydrogen (secondary N) is 1. The lowest BCUT2D eigenvalue weighted by Gasteiger charge is -2.37. The highest BCUT2D eigenvalue weighted by Crippen LogP contribution is 2.30. The third kappa shape index (κ3) is 3.90. The SMILES string of the molecule is O=C(NC1CCCc2ccccc21)C1COCCN1CC1CCCC1. The van der Waals surface area contributed by atoms with Gasteiger partial charge in [-0.2, -0.15) is 0 Å². The fourth-order valence-corrected chi connectivity index (χ4v) is 4.79. The Bertz CT molecular complexity index is 597. The quantitative estimate of drug-likeness (QED) is 0.914. The van der Waals surface area contributed by atoms with Crippen molar-refractivity contribution in [2.24, 2.45) is 5.92 Å². The van der Waals surface area contributed by atoms with Crippen LogP contribution in [0.1, 0.15) is 55.7 Å². The zero-order chi connectivity index (χ0) is 17.1. The number of fused-ring (bicyclic) bond motifs is 1. The van der Waals surface area contributed by atoms with Gasteiger partial charge < -0.3 is 10.1 Å². The Morgan fingerprint density at radius 3 is 2.88 bits per heavy atom. The summed E-state index contributed by atoms with van der Waals surface area (Å²) in [5.41, 5.74) is 2.70. The van der Waals surface area contributed by atoms with E-state index in [9.17, 15) is 4.79 Å². The number of ether oxygens (including phenoxy) is 1. The highest BCUT2D eigenvalue weighted by molar-refractivity contribution is 5.82. The normalized spacial score (nSPS) is 27.8. The average molecular weight is 342 g/mol. The lowest BCUT2D eigenvalue weighted by molar-refractivity contribution is -0.133. The van der Waals surface area contributed by atoms with Gasteiger partial charge in [-0.15, -0.1) is 0 Å². The van der Waals surface area contributed by atoms with Crippen LogP contribution in [0, 0.1) is 5.92 Å². The minimum Gasteiger partial charge on any atom is -0.378 e. The Hall–Kier alpha value is -1.39. The maximum atomic E-state index is 13.0. The molecular weight excluding hydrogens is 312 g/mol. The van der Waals surface area contributed by atoms with E-state index in [0.29, 0.717) is 6.61 Å². The van der Waals surface area contributed by atoms with Gasteiger partial charge in [0.1, 0.15) is 6.04 Å². The van der Waals surface area contributed by atoms with Gasteiger partial charge in [-0.05, 0) is 49.1 Å². The van der Waals surface area contributed by atoms with Crippen LogP contribution in [0.2, 0.25) is 0 Å². The highest BCUT2D eigenvalue weighted by Gasteiger charge is 2.33. The summed E-state index contributed by atoms with van der Waals surface area (Å²) in [7, 11) is 0. The van der Waals surface area contributed by atoms with E-state index < -0.39 is 0 Å². The molecule has 2 aliphatic carbocycles. The fraction of sp³-hybridized carbons (Fsp3) is 0.667. The first-order valence-corrected chi connectivity index (χ1v) is 10.0. The minimum absolute atomic E-state index is 0.122. The molecular formula is C21H30N2O2. The molecule has 1 aromatic carbocycles. The molecule has 136 valence electrons. The number of nitrogens with zero attached hydrogens (tertiary/aromatic N) is 1. The highest BCUT2D eigenvalue weighted by atomic mass is 16.5.